The zero-order valence-corrected chi connectivity index (χ0v) is 24.1. The summed E-state index contributed by atoms with van der Waals surface area (Å²) in [6.45, 7) is 6.79. The van der Waals surface area contributed by atoms with Crippen LogP contribution in [-0.2, 0) is 21.2 Å². The normalized spacial score (nSPS) is 18.1. The fraction of sp³-hybridized carbons (Fsp3) is 0.536. The van der Waals surface area contributed by atoms with Gasteiger partial charge in [-0.15, -0.1) is 12.4 Å². The Balaban J connectivity index is 0.00000400. The van der Waals surface area contributed by atoms with Gasteiger partial charge in [0.25, 0.3) is 5.91 Å². The number of amides is 1. The summed E-state index contributed by atoms with van der Waals surface area (Å²) in [7, 11) is -3.99. The second-order valence-corrected chi connectivity index (χ2v) is 12.5. The van der Waals surface area contributed by atoms with E-state index in [9.17, 15) is 18.4 Å². The van der Waals surface area contributed by atoms with Crippen molar-refractivity contribution in [2.45, 2.75) is 57.1 Å². The summed E-state index contributed by atoms with van der Waals surface area (Å²) < 4.78 is 27.5. The molecular weight excluding hydrogens is 524 g/mol. The summed E-state index contributed by atoms with van der Waals surface area (Å²) in [5, 5.41) is 9.50. The number of unbranched alkanes of at least 4 members (excludes halogenated alkanes) is 2. The molecule has 0 spiro atoms. The van der Waals surface area contributed by atoms with Gasteiger partial charge in [-0.3, -0.25) is 10.0 Å². The Hall–Kier alpha value is -2.33. The van der Waals surface area contributed by atoms with Crippen molar-refractivity contribution in [3.05, 3.63) is 59.7 Å². The summed E-state index contributed by atoms with van der Waals surface area (Å²) in [6, 6.07) is 16.6. The van der Waals surface area contributed by atoms with Crippen LogP contribution in [0.5, 0.6) is 0 Å². The van der Waals surface area contributed by atoms with Gasteiger partial charge >= 0.3 is 0 Å². The molecule has 2 aromatic rings. The molecule has 2 saturated heterocycles. The van der Waals surface area contributed by atoms with Crippen LogP contribution in [0.15, 0.2) is 48.5 Å². The number of rotatable bonds is 9. The number of carbonyl (C=O) groups excluding carboxylic acids is 1. The van der Waals surface area contributed by atoms with Crippen LogP contribution in [0.4, 0.5) is 11.4 Å². The predicted octanol–water partition coefficient (Wildman–Crippen LogP) is 4.15. The van der Waals surface area contributed by atoms with Crippen LogP contribution in [-0.4, -0.2) is 67.9 Å². The van der Waals surface area contributed by atoms with Crippen molar-refractivity contribution in [3.63, 3.8) is 0 Å². The fourth-order valence-electron chi connectivity index (χ4n) is 5.47. The minimum atomic E-state index is -3.99. The van der Waals surface area contributed by atoms with E-state index in [0.717, 1.165) is 23.4 Å². The van der Waals surface area contributed by atoms with Gasteiger partial charge < -0.3 is 9.80 Å². The van der Waals surface area contributed by atoms with Crippen LogP contribution in [0.3, 0.4) is 0 Å². The highest BCUT2D eigenvalue weighted by Crippen LogP contribution is 2.36. The quantitative estimate of drug-likeness (QED) is 0.270. The Morgan fingerprint density at radius 1 is 0.868 bits per heavy atom. The first kappa shape index (κ1) is 30.2. The SMILES string of the molecule is CCCCCc1ccc(N2CCN(S(=O)(=O)C3(C(=O)NO)CCN(c4ccc(C)cc4)CC3)CC2)cc1.Cl. The highest BCUT2D eigenvalue weighted by Gasteiger charge is 2.55. The molecule has 10 heteroatoms. The molecular formula is C28H41ClN4O4S. The second kappa shape index (κ2) is 13.2. The molecule has 2 aliphatic rings. The van der Waals surface area contributed by atoms with Gasteiger partial charge in [0.1, 0.15) is 0 Å². The van der Waals surface area contributed by atoms with Gasteiger partial charge in [-0.1, -0.05) is 49.6 Å². The van der Waals surface area contributed by atoms with E-state index < -0.39 is 20.7 Å². The third-order valence-corrected chi connectivity index (χ3v) is 10.6. The average molecular weight is 565 g/mol. The lowest BCUT2D eigenvalue weighted by atomic mass is 9.94. The lowest BCUT2D eigenvalue weighted by Crippen LogP contribution is -2.63. The van der Waals surface area contributed by atoms with Crippen molar-refractivity contribution in [1.29, 1.82) is 0 Å². The van der Waals surface area contributed by atoms with Gasteiger partial charge in [-0.2, -0.15) is 4.31 Å². The van der Waals surface area contributed by atoms with Gasteiger partial charge in [-0.25, -0.2) is 13.9 Å². The third-order valence-electron chi connectivity index (χ3n) is 7.93. The first-order valence-corrected chi connectivity index (χ1v) is 14.8. The molecule has 8 nitrogen and oxygen atoms in total. The van der Waals surface area contributed by atoms with Crippen LogP contribution >= 0.6 is 12.4 Å². The van der Waals surface area contributed by atoms with E-state index in [-0.39, 0.29) is 25.2 Å². The number of anilines is 2. The number of benzene rings is 2. The minimum Gasteiger partial charge on any atom is -0.371 e. The summed E-state index contributed by atoms with van der Waals surface area (Å²) in [5.74, 6) is -0.836. The van der Waals surface area contributed by atoms with Crippen molar-refractivity contribution < 1.29 is 18.4 Å². The molecule has 4 rings (SSSR count). The van der Waals surface area contributed by atoms with E-state index in [0.29, 0.717) is 39.3 Å². The lowest BCUT2D eigenvalue weighted by Gasteiger charge is -2.44. The molecule has 0 atom stereocenters. The average Bonchev–Trinajstić information content (AvgIpc) is 2.93. The summed E-state index contributed by atoms with van der Waals surface area (Å²) in [4.78, 5) is 17.2. The number of halogens is 1. The third kappa shape index (κ3) is 6.28. The van der Waals surface area contributed by atoms with Crippen molar-refractivity contribution in [1.82, 2.24) is 9.79 Å². The number of piperazine rings is 1. The number of carbonyl (C=O) groups is 1. The van der Waals surface area contributed by atoms with Crippen LogP contribution in [0.25, 0.3) is 0 Å². The molecule has 38 heavy (non-hydrogen) atoms. The second-order valence-electron chi connectivity index (χ2n) is 10.3. The van der Waals surface area contributed by atoms with Gasteiger partial charge in [0.05, 0.1) is 0 Å². The maximum atomic E-state index is 13.9. The molecule has 2 fully saturated rings. The molecule has 2 aliphatic heterocycles. The van der Waals surface area contributed by atoms with Gasteiger partial charge in [0, 0.05) is 50.6 Å². The van der Waals surface area contributed by atoms with E-state index in [4.69, 9.17) is 0 Å². The molecule has 0 saturated carbocycles. The molecule has 1 amide bonds. The Morgan fingerprint density at radius 2 is 1.39 bits per heavy atom. The molecule has 0 aromatic heterocycles. The predicted molar refractivity (Wildman–Crippen MR) is 155 cm³/mol. The van der Waals surface area contributed by atoms with Crippen LogP contribution in [0, 0.1) is 6.92 Å². The number of nitrogens with one attached hydrogen (secondary N) is 1. The van der Waals surface area contributed by atoms with E-state index in [2.05, 4.69) is 41.0 Å². The van der Waals surface area contributed by atoms with E-state index in [1.54, 1.807) is 5.48 Å². The van der Waals surface area contributed by atoms with Gasteiger partial charge in [0.15, 0.2) is 4.75 Å². The Kier molecular flexibility index (Phi) is 10.5. The largest absolute Gasteiger partial charge is 0.371 e. The number of hydroxylamine groups is 1. The minimum absolute atomic E-state index is 0. The Bertz CT molecular complexity index is 1140. The molecule has 2 heterocycles. The molecule has 0 unspecified atom stereocenters. The number of hydrogen-bond acceptors (Lipinski definition) is 6. The first-order valence-electron chi connectivity index (χ1n) is 13.4. The lowest BCUT2D eigenvalue weighted by molar-refractivity contribution is -0.132. The van der Waals surface area contributed by atoms with Crippen LogP contribution in [0.1, 0.15) is 50.2 Å². The van der Waals surface area contributed by atoms with Crippen molar-refractivity contribution >= 4 is 39.7 Å². The number of aryl methyl sites for hydroxylation is 2. The number of piperidine rings is 1. The molecule has 0 bridgehead atoms. The standard InChI is InChI=1S/C28H40N4O4S.ClH/c1-3-4-5-6-24-9-13-26(14-10-24)31-19-21-32(22-20-31)37(35,36)28(27(33)29-34)15-17-30(18-16-28)25-11-7-23(2)8-12-25;/h7-14,34H,3-6,15-22H2,1-2H3,(H,29,33);1H. The molecule has 2 N–H and O–H groups in total. The molecule has 0 radical (unpaired) electrons. The van der Waals surface area contributed by atoms with Gasteiger partial charge in [-0.05, 0) is 62.4 Å². The van der Waals surface area contributed by atoms with E-state index in [1.807, 2.05) is 31.2 Å². The maximum Gasteiger partial charge on any atom is 0.266 e. The maximum absolute atomic E-state index is 13.9. The first-order chi connectivity index (χ1) is 17.8. The zero-order chi connectivity index (χ0) is 26.5. The van der Waals surface area contributed by atoms with Crippen molar-refractivity contribution in [3.8, 4) is 0 Å². The van der Waals surface area contributed by atoms with Gasteiger partial charge in [0.2, 0.25) is 10.0 Å². The number of sulfonamides is 1. The number of hydrogen-bond donors (Lipinski definition) is 2. The summed E-state index contributed by atoms with van der Waals surface area (Å²) in [5.41, 5.74) is 6.24. The molecule has 0 aliphatic carbocycles. The smallest absolute Gasteiger partial charge is 0.266 e. The Morgan fingerprint density at radius 3 is 1.92 bits per heavy atom. The van der Waals surface area contributed by atoms with Crippen LogP contribution < -0.4 is 15.3 Å². The van der Waals surface area contributed by atoms with E-state index >= 15 is 0 Å². The van der Waals surface area contributed by atoms with Crippen LogP contribution in [0.2, 0.25) is 0 Å². The highest BCUT2D eigenvalue weighted by molar-refractivity contribution is 7.91. The Labute approximate surface area is 233 Å². The monoisotopic (exact) mass is 564 g/mol. The summed E-state index contributed by atoms with van der Waals surface area (Å²) in [6.07, 6.45) is 4.95. The number of nitrogens with zero attached hydrogens (tertiary/aromatic N) is 3. The molecule has 2 aromatic carbocycles. The fourth-order valence-corrected chi connectivity index (χ4v) is 7.59. The zero-order valence-electron chi connectivity index (χ0n) is 22.4. The van der Waals surface area contributed by atoms with E-state index in [1.165, 1.54) is 29.1 Å². The summed E-state index contributed by atoms with van der Waals surface area (Å²) >= 11 is 0. The van der Waals surface area contributed by atoms with Crippen molar-refractivity contribution in [2.75, 3.05) is 49.1 Å². The highest BCUT2D eigenvalue weighted by atomic mass is 35.5. The topological polar surface area (TPSA) is 93.2 Å². The van der Waals surface area contributed by atoms with Crippen molar-refractivity contribution in [2.24, 2.45) is 0 Å². The molecule has 210 valence electrons.